The van der Waals surface area contributed by atoms with Crippen LogP contribution in [-0.4, -0.2) is 33.6 Å². The second kappa shape index (κ2) is 9.09. The molecule has 9 heteroatoms. The third-order valence-electron chi connectivity index (χ3n) is 3.91. The number of benzene rings is 2. The van der Waals surface area contributed by atoms with Crippen LogP contribution in [0, 0.1) is 0 Å². The topological polar surface area (TPSA) is 66.5 Å². The standard InChI is InChI=1S/C19H21F3N2O3S/c1-2-3-13-24(16-7-5-4-6-8-16)28(26,27)17-11-9-15(10-12-17)18(25)23-14-19(20,21)22/h4-12H,2-3,13-14H2,1H3,(H,23,25). The molecule has 2 aromatic carbocycles. The van der Waals surface area contributed by atoms with Crippen LogP contribution in [0.1, 0.15) is 30.1 Å². The maximum atomic E-state index is 13.1. The van der Waals surface area contributed by atoms with Crippen molar-refractivity contribution >= 4 is 21.6 Å². The first-order valence-electron chi connectivity index (χ1n) is 8.68. The number of rotatable bonds is 8. The minimum atomic E-state index is -4.52. The summed E-state index contributed by atoms with van der Waals surface area (Å²) >= 11 is 0. The number of hydrogen-bond donors (Lipinski definition) is 1. The van der Waals surface area contributed by atoms with Crippen LogP contribution >= 0.6 is 0 Å². The molecule has 0 unspecified atom stereocenters. The first kappa shape index (κ1) is 21.7. The fourth-order valence-corrected chi connectivity index (χ4v) is 3.98. The van der Waals surface area contributed by atoms with Crippen LogP contribution in [-0.2, 0) is 10.0 Å². The van der Waals surface area contributed by atoms with E-state index >= 15 is 0 Å². The molecule has 0 bridgehead atoms. The predicted molar refractivity (Wildman–Crippen MR) is 101 cm³/mol. The van der Waals surface area contributed by atoms with Crippen LogP contribution < -0.4 is 9.62 Å². The second-order valence-electron chi connectivity index (χ2n) is 6.09. The molecular formula is C19H21F3N2O3S. The van der Waals surface area contributed by atoms with E-state index < -0.39 is 28.7 Å². The molecule has 0 fully saturated rings. The molecule has 5 nitrogen and oxygen atoms in total. The van der Waals surface area contributed by atoms with Gasteiger partial charge in [0.25, 0.3) is 15.9 Å². The van der Waals surface area contributed by atoms with Crippen LogP contribution in [0.2, 0.25) is 0 Å². The molecule has 0 aromatic heterocycles. The van der Waals surface area contributed by atoms with Gasteiger partial charge in [0, 0.05) is 12.1 Å². The van der Waals surface area contributed by atoms with Gasteiger partial charge in [-0.3, -0.25) is 9.10 Å². The number of unbranched alkanes of at least 4 members (excludes halogenated alkanes) is 1. The summed E-state index contributed by atoms with van der Waals surface area (Å²) in [4.78, 5) is 11.7. The van der Waals surface area contributed by atoms with Crippen molar-refractivity contribution in [3.8, 4) is 0 Å². The van der Waals surface area contributed by atoms with E-state index in [0.29, 0.717) is 12.1 Å². The Balaban J connectivity index is 2.25. The van der Waals surface area contributed by atoms with Crippen molar-refractivity contribution in [3.05, 3.63) is 60.2 Å². The van der Waals surface area contributed by atoms with Gasteiger partial charge >= 0.3 is 6.18 Å². The zero-order chi connectivity index (χ0) is 20.8. The summed E-state index contributed by atoms with van der Waals surface area (Å²) in [5, 5.41) is 1.75. The molecule has 0 heterocycles. The Morgan fingerprint density at radius 2 is 1.64 bits per heavy atom. The van der Waals surface area contributed by atoms with Gasteiger partial charge in [0.2, 0.25) is 0 Å². The van der Waals surface area contributed by atoms with Crippen molar-refractivity contribution in [3.63, 3.8) is 0 Å². The summed E-state index contributed by atoms with van der Waals surface area (Å²) in [6.07, 6.45) is -3.06. The van der Waals surface area contributed by atoms with Crippen molar-refractivity contribution in [2.45, 2.75) is 30.8 Å². The van der Waals surface area contributed by atoms with Crippen molar-refractivity contribution in [1.82, 2.24) is 5.32 Å². The average molecular weight is 414 g/mol. The first-order chi connectivity index (χ1) is 13.1. The minimum Gasteiger partial charge on any atom is -0.343 e. The van der Waals surface area contributed by atoms with E-state index in [0.717, 1.165) is 6.42 Å². The first-order valence-corrected chi connectivity index (χ1v) is 10.1. The maximum absolute atomic E-state index is 13.1. The lowest BCUT2D eigenvalue weighted by atomic mass is 10.2. The summed E-state index contributed by atoms with van der Waals surface area (Å²) in [7, 11) is -3.88. The summed E-state index contributed by atoms with van der Waals surface area (Å²) < 4.78 is 64.0. The molecule has 0 radical (unpaired) electrons. The van der Waals surface area contributed by atoms with Crippen molar-refractivity contribution < 1.29 is 26.4 Å². The number of nitrogens with one attached hydrogen (secondary N) is 1. The monoisotopic (exact) mass is 414 g/mol. The molecular weight excluding hydrogens is 393 g/mol. The summed E-state index contributed by atoms with van der Waals surface area (Å²) in [5.41, 5.74) is 0.464. The van der Waals surface area contributed by atoms with Gasteiger partial charge in [0.15, 0.2) is 0 Å². The van der Waals surface area contributed by atoms with E-state index in [4.69, 9.17) is 0 Å². The molecule has 0 saturated heterocycles. The predicted octanol–water partition coefficient (Wildman–Crippen LogP) is 3.97. The van der Waals surface area contributed by atoms with E-state index in [-0.39, 0.29) is 17.0 Å². The number of sulfonamides is 1. The van der Waals surface area contributed by atoms with Gasteiger partial charge in [-0.05, 0) is 42.8 Å². The number of para-hydroxylation sites is 1. The third-order valence-corrected chi connectivity index (χ3v) is 5.75. The molecule has 0 aliphatic carbocycles. The molecule has 2 aromatic rings. The zero-order valence-corrected chi connectivity index (χ0v) is 16.1. The van der Waals surface area contributed by atoms with Crippen LogP contribution in [0.15, 0.2) is 59.5 Å². The quantitative estimate of drug-likeness (QED) is 0.711. The smallest absolute Gasteiger partial charge is 0.343 e. The van der Waals surface area contributed by atoms with Gasteiger partial charge in [-0.2, -0.15) is 13.2 Å². The van der Waals surface area contributed by atoms with Crippen molar-refractivity contribution in [2.24, 2.45) is 0 Å². The number of alkyl halides is 3. The van der Waals surface area contributed by atoms with Crippen molar-refractivity contribution in [2.75, 3.05) is 17.4 Å². The van der Waals surface area contributed by atoms with E-state index in [1.54, 1.807) is 35.6 Å². The average Bonchev–Trinajstić information content (AvgIpc) is 2.66. The Bertz CT molecular complexity index is 883. The highest BCUT2D eigenvalue weighted by Crippen LogP contribution is 2.24. The number of nitrogens with zero attached hydrogens (tertiary/aromatic N) is 1. The number of carbonyl (C=O) groups is 1. The summed E-state index contributed by atoms with van der Waals surface area (Å²) in [6, 6.07) is 13.5. The van der Waals surface area contributed by atoms with Crippen LogP contribution in [0.25, 0.3) is 0 Å². The number of halogens is 3. The molecule has 152 valence electrons. The fourth-order valence-electron chi connectivity index (χ4n) is 2.47. The minimum absolute atomic E-state index is 0.0418. The van der Waals surface area contributed by atoms with Gasteiger partial charge in [0.1, 0.15) is 6.54 Å². The van der Waals surface area contributed by atoms with E-state index in [2.05, 4.69) is 0 Å². The maximum Gasteiger partial charge on any atom is 0.405 e. The Kier molecular flexibility index (Phi) is 7.06. The van der Waals surface area contributed by atoms with Gasteiger partial charge in [-0.25, -0.2) is 8.42 Å². The Hall–Kier alpha value is -2.55. The Labute approximate surface area is 162 Å². The molecule has 0 spiro atoms. The molecule has 28 heavy (non-hydrogen) atoms. The summed E-state index contributed by atoms with van der Waals surface area (Å²) in [5.74, 6) is -0.924. The SMILES string of the molecule is CCCCN(c1ccccc1)S(=O)(=O)c1ccc(C(=O)NCC(F)(F)F)cc1. The number of hydrogen-bond acceptors (Lipinski definition) is 3. The molecule has 1 amide bonds. The molecule has 2 rings (SSSR count). The van der Waals surface area contributed by atoms with Gasteiger partial charge in [-0.15, -0.1) is 0 Å². The zero-order valence-electron chi connectivity index (χ0n) is 15.2. The molecule has 0 saturated carbocycles. The van der Waals surface area contributed by atoms with Crippen LogP contribution in [0.4, 0.5) is 18.9 Å². The highest BCUT2D eigenvalue weighted by Gasteiger charge is 2.28. The van der Waals surface area contributed by atoms with E-state index in [1.165, 1.54) is 28.6 Å². The Morgan fingerprint density at radius 3 is 2.18 bits per heavy atom. The lowest BCUT2D eigenvalue weighted by Gasteiger charge is -2.24. The molecule has 0 aliphatic rings. The lowest BCUT2D eigenvalue weighted by molar-refractivity contribution is -0.123. The van der Waals surface area contributed by atoms with E-state index in [1.807, 2.05) is 6.92 Å². The molecule has 1 N–H and O–H groups in total. The van der Waals surface area contributed by atoms with Crippen LogP contribution in [0.5, 0.6) is 0 Å². The highest BCUT2D eigenvalue weighted by molar-refractivity contribution is 7.92. The van der Waals surface area contributed by atoms with Gasteiger partial charge in [0.05, 0.1) is 10.6 Å². The normalized spacial score (nSPS) is 11.9. The third kappa shape index (κ3) is 5.72. The van der Waals surface area contributed by atoms with Gasteiger partial charge < -0.3 is 5.32 Å². The number of carbonyl (C=O) groups excluding carboxylic acids is 1. The number of anilines is 1. The van der Waals surface area contributed by atoms with E-state index in [9.17, 15) is 26.4 Å². The molecule has 0 aliphatic heterocycles. The largest absolute Gasteiger partial charge is 0.405 e. The van der Waals surface area contributed by atoms with Crippen LogP contribution in [0.3, 0.4) is 0 Å². The van der Waals surface area contributed by atoms with Crippen molar-refractivity contribution in [1.29, 1.82) is 0 Å². The highest BCUT2D eigenvalue weighted by atomic mass is 32.2. The molecule has 0 atom stereocenters. The number of amides is 1. The summed E-state index contributed by atoms with van der Waals surface area (Å²) in [6.45, 7) is 0.783. The lowest BCUT2D eigenvalue weighted by Crippen LogP contribution is -2.34. The van der Waals surface area contributed by atoms with Gasteiger partial charge in [-0.1, -0.05) is 31.5 Å². The second-order valence-corrected chi connectivity index (χ2v) is 7.95. The fraction of sp³-hybridized carbons (Fsp3) is 0.316. The Morgan fingerprint density at radius 1 is 1.04 bits per heavy atom.